The van der Waals surface area contributed by atoms with Crippen molar-refractivity contribution in [3.05, 3.63) is 78.0 Å². The lowest BCUT2D eigenvalue weighted by atomic mass is 10.1. The van der Waals surface area contributed by atoms with Gasteiger partial charge in [0.2, 0.25) is 0 Å². The number of carbonyl (C=O) groups is 1. The van der Waals surface area contributed by atoms with Crippen LogP contribution in [0.4, 0.5) is 5.69 Å². The number of nitrogens with one attached hydrogen (secondary N) is 2. The van der Waals surface area contributed by atoms with Crippen LogP contribution < -0.4 is 15.4 Å². The molecule has 2 aromatic carbocycles. The van der Waals surface area contributed by atoms with E-state index >= 15 is 0 Å². The van der Waals surface area contributed by atoms with E-state index in [0.29, 0.717) is 17.0 Å². The summed E-state index contributed by atoms with van der Waals surface area (Å²) < 4.78 is 5.41. The quantitative estimate of drug-likeness (QED) is 0.668. The van der Waals surface area contributed by atoms with Crippen molar-refractivity contribution in [1.29, 1.82) is 0 Å². The molecule has 27 heavy (non-hydrogen) atoms. The van der Waals surface area contributed by atoms with Crippen molar-refractivity contribution in [2.24, 2.45) is 0 Å². The Morgan fingerprint density at radius 1 is 1.04 bits per heavy atom. The summed E-state index contributed by atoms with van der Waals surface area (Å²) in [6, 6.07) is 18.7. The molecule has 0 atom stereocenters. The number of methoxy groups -OCH3 is 1. The topological polar surface area (TPSA) is 63.2 Å². The molecule has 0 saturated carbocycles. The SMILES string of the molecule is COc1cnc(-c2ccccc2)c(C)c1NC(=S)NC(=O)c1ccccc1. The Balaban J connectivity index is 1.85. The molecule has 0 unspecified atom stereocenters. The summed E-state index contributed by atoms with van der Waals surface area (Å²) >= 11 is 5.32. The second kappa shape index (κ2) is 8.42. The highest BCUT2D eigenvalue weighted by Gasteiger charge is 2.16. The molecule has 1 heterocycles. The van der Waals surface area contributed by atoms with Gasteiger partial charge in [-0.2, -0.15) is 0 Å². The van der Waals surface area contributed by atoms with Crippen molar-refractivity contribution in [2.45, 2.75) is 6.92 Å². The van der Waals surface area contributed by atoms with Crippen molar-refractivity contribution in [3.8, 4) is 17.0 Å². The number of benzene rings is 2. The third kappa shape index (κ3) is 4.30. The number of anilines is 1. The molecule has 3 rings (SSSR count). The van der Waals surface area contributed by atoms with Gasteiger partial charge in [-0.25, -0.2) is 0 Å². The lowest BCUT2D eigenvalue weighted by molar-refractivity contribution is 0.0977. The monoisotopic (exact) mass is 377 g/mol. The van der Waals surface area contributed by atoms with Crippen LogP contribution in [0.5, 0.6) is 5.75 Å². The van der Waals surface area contributed by atoms with E-state index in [0.717, 1.165) is 16.8 Å². The number of aromatic nitrogens is 1. The van der Waals surface area contributed by atoms with Crippen LogP contribution in [0.3, 0.4) is 0 Å². The van der Waals surface area contributed by atoms with E-state index in [1.54, 1.807) is 37.6 Å². The van der Waals surface area contributed by atoms with Crippen LogP contribution in [-0.2, 0) is 0 Å². The molecule has 2 N–H and O–H groups in total. The van der Waals surface area contributed by atoms with Gasteiger partial charge in [-0.3, -0.25) is 15.1 Å². The number of pyridine rings is 1. The number of amides is 1. The van der Waals surface area contributed by atoms with Crippen LogP contribution in [0.25, 0.3) is 11.3 Å². The highest BCUT2D eigenvalue weighted by Crippen LogP contribution is 2.33. The average Bonchev–Trinajstić information content (AvgIpc) is 2.70. The third-order valence-corrected chi connectivity index (χ3v) is 4.26. The van der Waals surface area contributed by atoms with Crippen LogP contribution in [-0.4, -0.2) is 23.1 Å². The molecule has 0 saturated heterocycles. The van der Waals surface area contributed by atoms with E-state index in [2.05, 4.69) is 15.6 Å². The molecule has 0 aliphatic heterocycles. The second-order valence-electron chi connectivity index (χ2n) is 5.82. The Morgan fingerprint density at radius 2 is 1.67 bits per heavy atom. The lowest BCUT2D eigenvalue weighted by Gasteiger charge is -2.17. The maximum absolute atomic E-state index is 12.3. The van der Waals surface area contributed by atoms with Gasteiger partial charge in [0, 0.05) is 16.7 Å². The number of nitrogens with zero attached hydrogens (tertiary/aromatic N) is 1. The first-order valence-electron chi connectivity index (χ1n) is 8.36. The van der Waals surface area contributed by atoms with E-state index in [1.807, 2.05) is 43.3 Å². The first-order chi connectivity index (χ1) is 13.1. The molecule has 0 radical (unpaired) electrons. The first-order valence-corrected chi connectivity index (χ1v) is 8.77. The minimum atomic E-state index is -0.276. The number of carbonyl (C=O) groups excluding carboxylic acids is 1. The van der Waals surface area contributed by atoms with Gasteiger partial charge in [-0.15, -0.1) is 0 Å². The zero-order valence-corrected chi connectivity index (χ0v) is 15.8. The predicted octanol–water partition coefficient (Wildman–Crippen LogP) is 4.19. The molecule has 5 nitrogen and oxygen atoms in total. The van der Waals surface area contributed by atoms with Crippen molar-refractivity contribution in [3.63, 3.8) is 0 Å². The number of hydrogen-bond donors (Lipinski definition) is 2. The van der Waals surface area contributed by atoms with Crippen molar-refractivity contribution in [2.75, 3.05) is 12.4 Å². The smallest absolute Gasteiger partial charge is 0.257 e. The third-order valence-electron chi connectivity index (χ3n) is 4.06. The van der Waals surface area contributed by atoms with Crippen molar-refractivity contribution < 1.29 is 9.53 Å². The molecule has 3 aromatic rings. The molecule has 1 aromatic heterocycles. The average molecular weight is 377 g/mol. The summed E-state index contributed by atoms with van der Waals surface area (Å²) in [4.78, 5) is 16.8. The fraction of sp³-hybridized carbons (Fsp3) is 0.0952. The number of rotatable bonds is 4. The fourth-order valence-corrected chi connectivity index (χ4v) is 2.89. The van der Waals surface area contributed by atoms with Gasteiger partial charge in [0.15, 0.2) is 10.9 Å². The summed E-state index contributed by atoms with van der Waals surface area (Å²) in [5.41, 5.74) is 3.88. The summed E-state index contributed by atoms with van der Waals surface area (Å²) in [6.45, 7) is 1.93. The molecule has 0 aliphatic rings. The Labute approximate surface area is 163 Å². The highest BCUT2D eigenvalue weighted by atomic mass is 32.1. The van der Waals surface area contributed by atoms with Crippen molar-refractivity contribution in [1.82, 2.24) is 10.3 Å². The maximum Gasteiger partial charge on any atom is 0.257 e. The predicted molar refractivity (Wildman–Crippen MR) is 111 cm³/mol. The first kappa shape index (κ1) is 18.5. The zero-order chi connectivity index (χ0) is 19.2. The van der Waals surface area contributed by atoms with E-state index in [9.17, 15) is 4.79 Å². The number of thiocarbonyl (C=S) groups is 1. The Hall–Kier alpha value is -3.25. The largest absolute Gasteiger partial charge is 0.493 e. The molecule has 0 bridgehead atoms. The van der Waals surface area contributed by atoms with Crippen LogP contribution in [0.1, 0.15) is 15.9 Å². The van der Waals surface area contributed by atoms with Crippen LogP contribution in [0, 0.1) is 6.92 Å². The summed E-state index contributed by atoms with van der Waals surface area (Å²) in [5, 5.41) is 5.95. The number of hydrogen-bond acceptors (Lipinski definition) is 4. The van der Waals surface area contributed by atoms with Gasteiger partial charge < -0.3 is 10.1 Å². The van der Waals surface area contributed by atoms with E-state index in [1.165, 1.54) is 0 Å². The van der Waals surface area contributed by atoms with Gasteiger partial charge in [0.05, 0.1) is 24.7 Å². The summed E-state index contributed by atoms with van der Waals surface area (Å²) in [6.07, 6.45) is 1.64. The van der Waals surface area contributed by atoms with Crippen molar-refractivity contribution >= 4 is 28.9 Å². The van der Waals surface area contributed by atoms with Crippen LogP contribution >= 0.6 is 12.2 Å². The molecular formula is C21H19N3O2S. The molecule has 0 spiro atoms. The standard InChI is InChI=1S/C21H19N3O2S/c1-14-18(15-9-5-3-6-10-15)22-13-17(26-2)19(14)23-21(27)24-20(25)16-11-7-4-8-12-16/h3-13H,1-2H3,(H2,22,23,24,25,27). The Bertz CT molecular complexity index is 960. The number of ether oxygens (including phenoxy) is 1. The highest BCUT2D eigenvalue weighted by molar-refractivity contribution is 7.80. The van der Waals surface area contributed by atoms with E-state index < -0.39 is 0 Å². The maximum atomic E-state index is 12.3. The normalized spacial score (nSPS) is 10.1. The second-order valence-corrected chi connectivity index (χ2v) is 6.22. The van der Waals surface area contributed by atoms with Gasteiger partial charge in [0.1, 0.15) is 0 Å². The minimum Gasteiger partial charge on any atom is -0.493 e. The summed E-state index contributed by atoms with van der Waals surface area (Å²) in [5.74, 6) is 0.269. The lowest BCUT2D eigenvalue weighted by Crippen LogP contribution is -2.34. The Kier molecular flexibility index (Phi) is 5.78. The molecule has 0 fully saturated rings. The molecule has 136 valence electrons. The molecular weight excluding hydrogens is 358 g/mol. The Morgan fingerprint density at radius 3 is 2.30 bits per heavy atom. The van der Waals surface area contributed by atoms with E-state index in [4.69, 9.17) is 17.0 Å². The van der Waals surface area contributed by atoms with Gasteiger partial charge in [0.25, 0.3) is 5.91 Å². The summed E-state index contributed by atoms with van der Waals surface area (Å²) in [7, 11) is 1.56. The van der Waals surface area contributed by atoms with Gasteiger partial charge in [-0.05, 0) is 31.3 Å². The fourth-order valence-electron chi connectivity index (χ4n) is 2.69. The minimum absolute atomic E-state index is 0.190. The van der Waals surface area contributed by atoms with Gasteiger partial charge >= 0.3 is 0 Å². The van der Waals surface area contributed by atoms with E-state index in [-0.39, 0.29) is 11.0 Å². The molecule has 0 aliphatic carbocycles. The zero-order valence-electron chi connectivity index (χ0n) is 15.0. The van der Waals surface area contributed by atoms with Crippen LogP contribution in [0.2, 0.25) is 0 Å². The van der Waals surface area contributed by atoms with Crippen LogP contribution in [0.15, 0.2) is 66.9 Å². The molecule has 6 heteroatoms. The molecule has 1 amide bonds. The van der Waals surface area contributed by atoms with Gasteiger partial charge in [-0.1, -0.05) is 48.5 Å².